The van der Waals surface area contributed by atoms with Crippen molar-refractivity contribution in [2.24, 2.45) is 0 Å². The molecule has 7 heteroatoms. The van der Waals surface area contributed by atoms with Crippen molar-refractivity contribution >= 4 is 17.6 Å². The SMILES string of the molecule is CC(C)c1[n-]c(-c2ccc(F)cc2)c(-c2ccccc2)c1C(=O)Nc1ccc(C(=O)O)cc1.[Y]. The standard InChI is InChI=1S/C27H23FN2O3.Y/c1-16(2)24-23(26(31)29-21-14-10-19(11-15-21)27(32)33)22(17-6-4-3-5-7-17)25(30-24)18-8-12-20(28)13-9-18;/h3-16H,1-2H3,(H3,29,30,31,32,33);/p-1. The van der Waals surface area contributed by atoms with Crippen molar-refractivity contribution in [2.75, 3.05) is 5.32 Å². The third-order valence-electron chi connectivity index (χ3n) is 5.32. The molecule has 1 amide bonds. The summed E-state index contributed by atoms with van der Waals surface area (Å²) in [5.41, 5.74) is 4.50. The van der Waals surface area contributed by atoms with Gasteiger partial charge in [0.2, 0.25) is 0 Å². The number of aromatic carboxylic acids is 1. The van der Waals surface area contributed by atoms with Crippen LogP contribution in [-0.4, -0.2) is 17.0 Å². The van der Waals surface area contributed by atoms with Gasteiger partial charge in [-0.05, 0) is 59.0 Å². The predicted molar refractivity (Wildman–Crippen MR) is 126 cm³/mol. The molecule has 4 aromatic rings. The van der Waals surface area contributed by atoms with Crippen molar-refractivity contribution in [3.63, 3.8) is 0 Å². The van der Waals surface area contributed by atoms with E-state index in [0.29, 0.717) is 33.8 Å². The van der Waals surface area contributed by atoms with E-state index >= 15 is 0 Å². The zero-order valence-electron chi connectivity index (χ0n) is 18.7. The molecule has 1 heterocycles. The minimum atomic E-state index is -1.04. The van der Waals surface area contributed by atoms with E-state index in [1.165, 1.54) is 24.3 Å². The topological polar surface area (TPSA) is 80.5 Å². The number of aromatic nitrogens is 1. The van der Waals surface area contributed by atoms with E-state index in [1.807, 2.05) is 44.2 Å². The van der Waals surface area contributed by atoms with E-state index in [-0.39, 0.29) is 55.9 Å². The Bertz CT molecular complexity index is 1300. The fourth-order valence-electron chi connectivity index (χ4n) is 3.72. The number of carboxylic acid groups (broad SMARTS) is 1. The van der Waals surface area contributed by atoms with Crippen molar-refractivity contribution in [1.29, 1.82) is 0 Å². The summed E-state index contributed by atoms with van der Waals surface area (Å²) >= 11 is 0. The van der Waals surface area contributed by atoms with Gasteiger partial charge in [0.1, 0.15) is 5.82 Å². The molecule has 0 aliphatic heterocycles. The molecule has 3 aromatic carbocycles. The van der Waals surface area contributed by atoms with E-state index in [9.17, 15) is 14.0 Å². The first-order valence-corrected chi connectivity index (χ1v) is 10.5. The number of rotatable bonds is 6. The Labute approximate surface area is 222 Å². The zero-order chi connectivity index (χ0) is 23.5. The molecule has 0 aliphatic carbocycles. The van der Waals surface area contributed by atoms with Gasteiger partial charge in [-0.2, -0.15) is 0 Å². The fraction of sp³-hybridized carbons (Fsp3) is 0.111. The van der Waals surface area contributed by atoms with Crippen molar-refractivity contribution in [3.05, 3.63) is 102 Å². The van der Waals surface area contributed by atoms with E-state index < -0.39 is 5.97 Å². The second kappa shape index (κ2) is 10.9. The summed E-state index contributed by atoms with van der Waals surface area (Å²) in [6.45, 7) is 3.92. The zero-order valence-corrected chi connectivity index (χ0v) is 21.6. The molecule has 34 heavy (non-hydrogen) atoms. The Morgan fingerprint density at radius 1 is 0.882 bits per heavy atom. The van der Waals surface area contributed by atoms with Crippen molar-refractivity contribution in [3.8, 4) is 22.4 Å². The molecular formula is C27H22FN2O3Y-. The molecule has 0 saturated heterocycles. The summed E-state index contributed by atoms with van der Waals surface area (Å²) < 4.78 is 13.6. The van der Waals surface area contributed by atoms with Gasteiger partial charge in [0.25, 0.3) is 5.91 Å². The van der Waals surface area contributed by atoms with E-state index in [1.54, 1.807) is 24.3 Å². The first-order valence-electron chi connectivity index (χ1n) is 10.5. The Hall–Kier alpha value is -3.09. The van der Waals surface area contributed by atoms with Crippen LogP contribution in [0.2, 0.25) is 0 Å². The number of hydrogen-bond donors (Lipinski definition) is 2. The second-order valence-electron chi connectivity index (χ2n) is 7.96. The van der Waals surface area contributed by atoms with Gasteiger partial charge in [0.05, 0.1) is 5.56 Å². The maximum Gasteiger partial charge on any atom is 0.335 e. The molecule has 0 unspecified atom stereocenters. The van der Waals surface area contributed by atoms with Gasteiger partial charge in [-0.15, -0.1) is 11.4 Å². The number of amides is 1. The molecule has 0 aliphatic rings. The number of nitrogens with zero attached hydrogens (tertiary/aromatic N) is 1. The smallest absolute Gasteiger partial charge is 0.335 e. The molecule has 0 atom stereocenters. The van der Waals surface area contributed by atoms with Gasteiger partial charge in [-0.3, -0.25) is 4.79 Å². The Morgan fingerprint density at radius 3 is 2.06 bits per heavy atom. The number of carbonyl (C=O) groups excluding carboxylic acids is 1. The third kappa shape index (κ3) is 5.35. The van der Waals surface area contributed by atoms with Crippen LogP contribution in [0.5, 0.6) is 0 Å². The van der Waals surface area contributed by atoms with Crippen molar-refractivity contribution in [2.45, 2.75) is 19.8 Å². The van der Waals surface area contributed by atoms with Crippen LogP contribution in [0.25, 0.3) is 22.4 Å². The molecule has 5 nitrogen and oxygen atoms in total. The quantitative estimate of drug-likeness (QED) is 0.312. The Kier molecular flexibility index (Phi) is 8.18. The number of halogens is 1. The predicted octanol–water partition coefficient (Wildman–Crippen LogP) is 6.19. The molecule has 2 N–H and O–H groups in total. The third-order valence-corrected chi connectivity index (χ3v) is 5.32. The molecule has 4 rings (SSSR count). The van der Waals surface area contributed by atoms with Crippen LogP contribution in [0, 0.1) is 5.82 Å². The minimum absolute atomic E-state index is 0. The maximum absolute atomic E-state index is 13.6. The summed E-state index contributed by atoms with van der Waals surface area (Å²) in [4.78, 5) is 29.5. The largest absolute Gasteiger partial charge is 0.659 e. The number of hydrogen-bond acceptors (Lipinski definition) is 2. The normalized spacial score (nSPS) is 10.6. The Morgan fingerprint density at radius 2 is 1.50 bits per heavy atom. The average molecular weight is 530 g/mol. The summed E-state index contributed by atoms with van der Waals surface area (Å²) in [6.07, 6.45) is 0. The molecule has 0 fully saturated rings. The number of carboxylic acids is 1. The van der Waals surface area contributed by atoms with Crippen LogP contribution < -0.4 is 10.3 Å². The molecule has 0 spiro atoms. The van der Waals surface area contributed by atoms with Gasteiger partial charge in [-0.25, -0.2) is 9.18 Å². The second-order valence-corrected chi connectivity index (χ2v) is 7.96. The summed E-state index contributed by atoms with van der Waals surface area (Å²) in [6, 6.07) is 21.5. The van der Waals surface area contributed by atoms with Crippen LogP contribution >= 0.6 is 0 Å². The van der Waals surface area contributed by atoms with Crippen LogP contribution in [0.1, 0.15) is 46.2 Å². The summed E-state index contributed by atoms with van der Waals surface area (Å²) in [7, 11) is 0. The summed E-state index contributed by atoms with van der Waals surface area (Å²) in [5, 5.41) is 12.0. The van der Waals surface area contributed by atoms with Crippen LogP contribution in [0.3, 0.4) is 0 Å². The first kappa shape index (κ1) is 25.5. The monoisotopic (exact) mass is 530 g/mol. The minimum Gasteiger partial charge on any atom is -0.659 e. The van der Waals surface area contributed by atoms with Gasteiger partial charge in [0, 0.05) is 44.0 Å². The molecule has 0 bridgehead atoms. The van der Waals surface area contributed by atoms with Crippen LogP contribution in [0.4, 0.5) is 10.1 Å². The van der Waals surface area contributed by atoms with E-state index in [0.717, 1.165) is 5.56 Å². The molecular weight excluding hydrogens is 508 g/mol. The molecule has 1 aromatic heterocycles. The number of carbonyl (C=O) groups is 2. The fourth-order valence-corrected chi connectivity index (χ4v) is 3.72. The average Bonchev–Trinajstić information content (AvgIpc) is 3.22. The molecule has 169 valence electrons. The van der Waals surface area contributed by atoms with E-state index in [4.69, 9.17) is 10.1 Å². The van der Waals surface area contributed by atoms with Gasteiger partial charge >= 0.3 is 5.97 Å². The van der Waals surface area contributed by atoms with Gasteiger partial charge < -0.3 is 15.4 Å². The van der Waals surface area contributed by atoms with Gasteiger partial charge in [-0.1, -0.05) is 56.3 Å². The Balaban J connectivity index is 0.00000324. The first-order chi connectivity index (χ1) is 15.8. The van der Waals surface area contributed by atoms with E-state index in [2.05, 4.69) is 5.32 Å². The van der Waals surface area contributed by atoms with Crippen LogP contribution in [0.15, 0.2) is 78.9 Å². The molecule has 1 radical (unpaired) electrons. The van der Waals surface area contributed by atoms with Crippen molar-refractivity contribution in [1.82, 2.24) is 4.98 Å². The van der Waals surface area contributed by atoms with Gasteiger partial charge in [0.15, 0.2) is 0 Å². The van der Waals surface area contributed by atoms with Crippen LogP contribution in [-0.2, 0) is 32.7 Å². The number of nitrogens with one attached hydrogen (secondary N) is 1. The molecule has 0 saturated carbocycles. The van der Waals surface area contributed by atoms with Crippen molar-refractivity contribution < 1.29 is 51.8 Å². The summed E-state index contributed by atoms with van der Waals surface area (Å²) in [5.74, 6) is -1.78. The number of benzene rings is 3. The maximum atomic E-state index is 13.6. The number of anilines is 1.